The molecule has 2 aromatic rings. The molecule has 1 unspecified atom stereocenters. The van der Waals surface area contributed by atoms with Gasteiger partial charge in [-0.1, -0.05) is 17.7 Å². The van der Waals surface area contributed by atoms with Crippen LogP contribution in [0.5, 0.6) is 0 Å². The quantitative estimate of drug-likeness (QED) is 0.501. The Morgan fingerprint density at radius 3 is 2.55 bits per heavy atom. The van der Waals surface area contributed by atoms with Gasteiger partial charge in [0.25, 0.3) is 5.69 Å². The summed E-state index contributed by atoms with van der Waals surface area (Å²) in [7, 11) is -3.94. The molecule has 2 aromatic carbocycles. The third-order valence-electron chi connectivity index (χ3n) is 4.67. The van der Waals surface area contributed by atoms with Gasteiger partial charge in [-0.3, -0.25) is 10.1 Å². The molecule has 0 aromatic heterocycles. The topological polar surface area (TPSA) is 113 Å². The zero-order valence-corrected chi connectivity index (χ0v) is 16.8. The fourth-order valence-electron chi connectivity index (χ4n) is 3.10. The van der Waals surface area contributed by atoms with Gasteiger partial charge in [-0.25, -0.2) is 12.8 Å². The summed E-state index contributed by atoms with van der Waals surface area (Å²) in [4.78, 5) is 10.2. The number of nitrogens with one attached hydrogen (secondary N) is 1. The van der Waals surface area contributed by atoms with Crippen molar-refractivity contribution in [3.05, 3.63) is 62.9 Å². The molecule has 1 aliphatic heterocycles. The standard InChI is InChI=1S/C18H19ClFN3O5S/c19-14-5-3-12(9-15(14)20)17(24)11-21-16-6-4-13(23(25)26)10-18(16)29(27,28)22-7-1-2-8-22/h3-6,9-10,17,21,24H,1-2,7-8,11H2. The van der Waals surface area contributed by atoms with Crippen molar-refractivity contribution in [3.63, 3.8) is 0 Å². The molecule has 1 aliphatic rings. The summed E-state index contributed by atoms with van der Waals surface area (Å²) in [6.45, 7) is 0.551. The normalized spacial score (nSPS) is 16.0. The molecule has 0 radical (unpaired) electrons. The summed E-state index contributed by atoms with van der Waals surface area (Å²) in [6.07, 6.45) is 0.287. The minimum Gasteiger partial charge on any atom is -0.387 e. The molecule has 8 nitrogen and oxygen atoms in total. The molecule has 29 heavy (non-hydrogen) atoms. The van der Waals surface area contributed by atoms with E-state index in [2.05, 4.69) is 5.32 Å². The maximum atomic E-state index is 13.6. The van der Waals surface area contributed by atoms with Crippen LogP contribution >= 0.6 is 11.6 Å². The molecule has 11 heteroatoms. The molecule has 0 bridgehead atoms. The first-order chi connectivity index (χ1) is 13.7. The lowest BCUT2D eigenvalue weighted by molar-refractivity contribution is -0.385. The Kier molecular flexibility index (Phi) is 6.37. The largest absolute Gasteiger partial charge is 0.387 e. The van der Waals surface area contributed by atoms with Crippen LogP contribution in [0.1, 0.15) is 24.5 Å². The number of hydrogen-bond acceptors (Lipinski definition) is 6. The zero-order chi connectivity index (χ0) is 21.2. The van der Waals surface area contributed by atoms with Crippen LogP contribution in [0, 0.1) is 15.9 Å². The van der Waals surface area contributed by atoms with Gasteiger partial charge in [-0.2, -0.15) is 4.31 Å². The number of halogens is 2. The lowest BCUT2D eigenvalue weighted by Crippen LogP contribution is -2.29. The van der Waals surface area contributed by atoms with Crippen LogP contribution in [-0.4, -0.2) is 42.4 Å². The van der Waals surface area contributed by atoms with E-state index in [1.807, 2.05) is 0 Å². The Morgan fingerprint density at radius 1 is 1.24 bits per heavy atom. The minimum atomic E-state index is -3.94. The molecular formula is C18H19ClFN3O5S. The summed E-state index contributed by atoms with van der Waals surface area (Å²) in [5.74, 6) is -0.684. The fourth-order valence-corrected chi connectivity index (χ4v) is 4.92. The van der Waals surface area contributed by atoms with Crippen LogP contribution in [0.25, 0.3) is 0 Å². The van der Waals surface area contributed by atoms with Crippen molar-refractivity contribution in [2.75, 3.05) is 25.0 Å². The molecule has 0 spiro atoms. The Morgan fingerprint density at radius 2 is 1.93 bits per heavy atom. The van der Waals surface area contributed by atoms with Gasteiger partial charge in [0, 0.05) is 31.8 Å². The molecule has 1 atom stereocenters. The highest BCUT2D eigenvalue weighted by Crippen LogP contribution is 2.31. The Labute approximate surface area is 172 Å². The third kappa shape index (κ3) is 4.67. The molecule has 1 saturated heterocycles. The van der Waals surface area contributed by atoms with Crippen LogP contribution < -0.4 is 5.32 Å². The second kappa shape index (κ2) is 8.62. The first-order valence-electron chi connectivity index (χ1n) is 8.85. The van der Waals surface area contributed by atoms with Crippen LogP contribution in [-0.2, 0) is 10.0 Å². The first-order valence-corrected chi connectivity index (χ1v) is 10.7. The Hall–Kier alpha value is -2.27. The summed E-state index contributed by atoms with van der Waals surface area (Å²) in [6, 6.07) is 7.33. The predicted molar refractivity (Wildman–Crippen MR) is 106 cm³/mol. The molecule has 0 amide bonds. The lowest BCUT2D eigenvalue weighted by Gasteiger charge is -2.20. The highest BCUT2D eigenvalue weighted by molar-refractivity contribution is 7.89. The van der Waals surface area contributed by atoms with E-state index in [1.165, 1.54) is 28.6 Å². The average Bonchev–Trinajstić information content (AvgIpc) is 3.23. The smallest absolute Gasteiger partial charge is 0.270 e. The highest BCUT2D eigenvalue weighted by Gasteiger charge is 2.31. The van der Waals surface area contributed by atoms with E-state index in [9.17, 15) is 28.0 Å². The Balaban J connectivity index is 1.88. The number of rotatable bonds is 7. The van der Waals surface area contributed by atoms with Crippen molar-refractivity contribution in [2.24, 2.45) is 0 Å². The number of aliphatic hydroxyl groups excluding tert-OH is 1. The van der Waals surface area contributed by atoms with Crippen LogP contribution in [0.15, 0.2) is 41.3 Å². The maximum Gasteiger partial charge on any atom is 0.270 e. The number of nitro groups is 1. The molecule has 0 aliphatic carbocycles. The minimum absolute atomic E-state index is 0.0803. The van der Waals surface area contributed by atoms with Crippen molar-refractivity contribution >= 4 is 33.0 Å². The summed E-state index contributed by atoms with van der Waals surface area (Å²) >= 11 is 5.63. The number of nitro benzene ring substituents is 1. The van der Waals surface area contributed by atoms with E-state index in [0.29, 0.717) is 13.1 Å². The van der Waals surface area contributed by atoms with Gasteiger partial charge >= 0.3 is 0 Å². The Bertz CT molecular complexity index is 1030. The summed E-state index contributed by atoms with van der Waals surface area (Å²) in [5, 5.41) is 24.1. The second-order valence-corrected chi connectivity index (χ2v) is 8.93. The van der Waals surface area contributed by atoms with Crippen LogP contribution in [0.2, 0.25) is 5.02 Å². The van der Waals surface area contributed by atoms with Gasteiger partial charge in [0.2, 0.25) is 10.0 Å². The van der Waals surface area contributed by atoms with Gasteiger partial charge < -0.3 is 10.4 Å². The highest BCUT2D eigenvalue weighted by atomic mass is 35.5. The van der Waals surface area contributed by atoms with E-state index in [4.69, 9.17) is 11.6 Å². The van der Waals surface area contributed by atoms with Crippen molar-refractivity contribution in [1.29, 1.82) is 0 Å². The lowest BCUT2D eigenvalue weighted by atomic mass is 10.1. The first kappa shape index (κ1) is 21.4. The second-order valence-electron chi connectivity index (χ2n) is 6.62. The van der Waals surface area contributed by atoms with E-state index in [-0.39, 0.29) is 33.4 Å². The molecule has 1 fully saturated rings. The molecule has 2 N–H and O–H groups in total. The third-order valence-corrected chi connectivity index (χ3v) is 6.92. The number of aliphatic hydroxyl groups is 1. The number of sulfonamides is 1. The molecule has 1 heterocycles. The monoisotopic (exact) mass is 443 g/mol. The van der Waals surface area contributed by atoms with E-state index in [1.54, 1.807) is 0 Å². The van der Waals surface area contributed by atoms with Crippen molar-refractivity contribution in [3.8, 4) is 0 Å². The number of anilines is 1. The van der Waals surface area contributed by atoms with Crippen molar-refractivity contribution in [2.45, 2.75) is 23.8 Å². The van der Waals surface area contributed by atoms with E-state index in [0.717, 1.165) is 25.0 Å². The SMILES string of the molecule is O=[N+]([O-])c1ccc(NCC(O)c2ccc(Cl)c(F)c2)c(S(=O)(=O)N2CCCC2)c1. The summed E-state index contributed by atoms with van der Waals surface area (Å²) < 4.78 is 40.8. The van der Waals surface area contributed by atoms with Crippen LogP contribution in [0.4, 0.5) is 15.8 Å². The summed E-state index contributed by atoms with van der Waals surface area (Å²) in [5.41, 5.74) is 0.0230. The zero-order valence-electron chi connectivity index (χ0n) is 15.2. The van der Waals surface area contributed by atoms with E-state index >= 15 is 0 Å². The number of benzene rings is 2. The fraction of sp³-hybridized carbons (Fsp3) is 0.333. The molecule has 3 rings (SSSR count). The van der Waals surface area contributed by atoms with Gasteiger partial charge in [-0.15, -0.1) is 0 Å². The van der Waals surface area contributed by atoms with E-state index < -0.39 is 26.9 Å². The number of non-ortho nitro benzene ring substituents is 1. The van der Waals surface area contributed by atoms with Gasteiger partial charge in [0.05, 0.1) is 21.7 Å². The van der Waals surface area contributed by atoms with Crippen molar-refractivity contribution in [1.82, 2.24) is 4.31 Å². The number of hydrogen-bond donors (Lipinski definition) is 2. The number of nitrogens with zero attached hydrogens (tertiary/aromatic N) is 2. The molecular weight excluding hydrogens is 425 g/mol. The van der Waals surface area contributed by atoms with Gasteiger partial charge in [0.15, 0.2) is 0 Å². The van der Waals surface area contributed by atoms with Gasteiger partial charge in [-0.05, 0) is 36.6 Å². The van der Waals surface area contributed by atoms with Gasteiger partial charge in [0.1, 0.15) is 10.7 Å². The predicted octanol–water partition coefficient (Wildman–Crippen LogP) is 3.32. The molecule has 0 saturated carbocycles. The maximum absolute atomic E-state index is 13.6. The molecule has 156 valence electrons. The average molecular weight is 444 g/mol. The van der Waals surface area contributed by atoms with Crippen LogP contribution in [0.3, 0.4) is 0 Å². The van der Waals surface area contributed by atoms with Crippen molar-refractivity contribution < 1.29 is 22.8 Å².